The summed E-state index contributed by atoms with van der Waals surface area (Å²) in [5.41, 5.74) is 2.11. The maximum absolute atomic E-state index is 13.1. The third-order valence-electron chi connectivity index (χ3n) is 4.66. The molecule has 30 heavy (non-hydrogen) atoms. The molecule has 1 aromatic heterocycles. The second-order valence-electron chi connectivity index (χ2n) is 6.73. The van der Waals surface area contributed by atoms with Crippen LogP contribution in [0.2, 0.25) is 0 Å². The van der Waals surface area contributed by atoms with Gasteiger partial charge in [0, 0.05) is 11.4 Å². The van der Waals surface area contributed by atoms with Crippen molar-refractivity contribution in [3.8, 4) is 0 Å². The summed E-state index contributed by atoms with van der Waals surface area (Å²) in [4.78, 5) is 37.5. The van der Waals surface area contributed by atoms with Gasteiger partial charge in [-0.15, -0.1) is 11.3 Å². The van der Waals surface area contributed by atoms with Crippen LogP contribution in [0.4, 0.5) is 5.69 Å². The average molecular weight is 440 g/mol. The van der Waals surface area contributed by atoms with Crippen molar-refractivity contribution in [3.63, 3.8) is 0 Å². The van der Waals surface area contributed by atoms with Gasteiger partial charge in [0.15, 0.2) is 0 Å². The lowest BCUT2D eigenvalue weighted by Crippen LogP contribution is -2.27. The van der Waals surface area contributed by atoms with Crippen LogP contribution in [0.15, 0.2) is 66.0 Å². The van der Waals surface area contributed by atoms with E-state index >= 15 is 0 Å². The molecule has 0 bridgehead atoms. The lowest BCUT2D eigenvalue weighted by molar-refractivity contribution is -0.119. The molecule has 2 N–H and O–H groups in total. The molecule has 3 rings (SSSR count). The Bertz CT molecular complexity index is 1030. The van der Waals surface area contributed by atoms with Crippen molar-refractivity contribution in [3.05, 3.63) is 87.6 Å². The van der Waals surface area contributed by atoms with Gasteiger partial charge in [-0.3, -0.25) is 9.59 Å². The second-order valence-corrected chi connectivity index (χ2v) is 8.68. The second kappa shape index (κ2) is 10.2. The van der Waals surface area contributed by atoms with Crippen molar-refractivity contribution in [1.82, 2.24) is 0 Å². The minimum Gasteiger partial charge on any atom is -0.478 e. The Morgan fingerprint density at radius 3 is 2.47 bits per heavy atom. The van der Waals surface area contributed by atoms with E-state index in [-0.39, 0.29) is 16.6 Å². The minimum absolute atomic E-state index is 0.0556. The van der Waals surface area contributed by atoms with Crippen LogP contribution in [0.5, 0.6) is 0 Å². The molecule has 3 aromatic rings. The lowest BCUT2D eigenvalue weighted by atomic mass is 9.99. The predicted octanol–water partition coefficient (Wildman–Crippen LogP) is 5.13. The van der Waals surface area contributed by atoms with Gasteiger partial charge in [0.05, 0.1) is 16.4 Å². The quantitative estimate of drug-likeness (QED) is 0.509. The highest BCUT2D eigenvalue weighted by Crippen LogP contribution is 2.24. The average Bonchev–Trinajstić information content (AvgIpc) is 3.28. The van der Waals surface area contributed by atoms with Crippen molar-refractivity contribution in [2.24, 2.45) is 5.92 Å². The molecule has 1 amide bonds. The Morgan fingerprint density at radius 1 is 1.03 bits per heavy atom. The highest BCUT2D eigenvalue weighted by molar-refractivity contribution is 8.14. The van der Waals surface area contributed by atoms with Crippen LogP contribution in [0.3, 0.4) is 0 Å². The van der Waals surface area contributed by atoms with Gasteiger partial charge in [0.25, 0.3) is 0 Å². The molecular weight excluding hydrogens is 418 g/mol. The van der Waals surface area contributed by atoms with E-state index in [1.807, 2.05) is 41.8 Å². The molecule has 0 saturated heterocycles. The first-order valence-corrected chi connectivity index (χ1v) is 11.2. The first-order valence-electron chi connectivity index (χ1n) is 9.34. The van der Waals surface area contributed by atoms with Crippen molar-refractivity contribution in [1.29, 1.82) is 0 Å². The van der Waals surface area contributed by atoms with Crippen LogP contribution >= 0.6 is 23.1 Å². The molecule has 5 nitrogen and oxygen atoms in total. The molecule has 0 aliphatic heterocycles. The molecule has 1 unspecified atom stereocenters. The van der Waals surface area contributed by atoms with Crippen LogP contribution in [-0.4, -0.2) is 27.9 Å². The fourth-order valence-electron chi connectivity index (χ4n) is 3.01. The van der Waals surface area contributed by atoms with Crippen LogP contribution in [-0.2, 0) is 11.2 Å². The zero-order valence-electron chi connectivity index (χ0n) is 16.3. The lowest BCUT2D eigenvalue weighted by Gasteiger charge is -2.18. The van der Waals surface area contributed by atoms with Crippen molar-refractivity contribution >= 4 is 45.8 Å². The number of anilines is 1. The van der Waals surface area contributed by atoms with Gasteiger partial charge in [-0.05, 0) is 48.1 Å². The van der Waals surface area contributed by atoms with Gasteiger partial charge in [-0.25, -0.2) is 4.79 Å². The molecule has 0 spiro atoms. The summed E-state index contributed by atoms with van der Waals surface area (Å²) in [5.74, 6) is -1.40. The highest BCUT2D eigenvalue weighted by atomic mass is 32.2. The number of aromatic carboxylic acids is 1. The molecule has 0 aliphatic rings. The number of carbonyl (C=O) groups excluding carboxylic acids is 2. The van der Waals surface area contributed by atoms with E-state index in [0.29, 0.717) is 28.3 Å². The van der Waals surface area contributed by atoms with Crippen LogP contribution in [0, 0.1) is 12.8 Å². The number of carboxylic acids is 1. The molecule has 0 saturated carbocycles. The molecule has 2 aromatic carbocycles. The van der Waals surface area contributed by atoms with E-state index in [2.05, 4.69) is 5.32 Å². The SMILES string of the molecule is Cc1c(NC(=O)C(CSC(=O)c2cccs2)Cc2ccccc2)cccc1C(=O)O. The number of thioether (sulfide) groups is 1. The number of nitrogens with one attached hydrogen (secondary N) is 1. The maximum Gasteiger partial charge on any atom is 0.336 e. The van der Waals surface area contributed by atoms with Crippen molar-refractivity contribution in [2.45, 2.75) is 13.3 Å². The Balaban J connectivity index is 1.76. The summed E-state index contributed by atoms with van der Waals surface area (Å²) in [6.07, 6.45) is 0.481. The number of carboxylic acid groups (broad SMARTS) is 1. The van der Waals surface area contributed by atoms with E-state index in [1.54, 1.807) is 25.1 Å². The van der Waals surface area contributed by atoms with Crippen molar-refractivity contribution < 1.29 is 19.5 Å². The molecule has 7 heteroatoms. The van der Waals surface area contributed by atoms with E-state index < -0.39 is 11.9 Å². The number of amides is 1. The molecule has 0 fully saturated rings. The minimum atomic E-state index is -1.04. The zero-order chi connectivity index (χ0) is 21.5. The smallest absolute Gasteiger partial charge is 0.336 e. The standard InChI is InChI=1S/C23H21NO4S2/c1-15-18(22(26)27)9-5-10-19(15)24-21(25)17(13-16-7-3-2-4-8-16)14-30-23(28)20-11-6-12-29-20/h2-12,17H,13-14H2,1H3,(H,24,25)(H,26,27). The first kappa shape index (κ1) is 21.8. The monoisotopic (exact) mass is 439 g/mol. The molecule has 0 radical (unpaired) electrons. The Morgan fingerprint density at radius 2 is 1.80 bits per heavy atom. The van der Waals surface area contributed by atoms with Crippen LogP contribution < -0.4 is 5.32 Å². The summed E-state index contributed by atoms with van der Waals surface area (Å²) in [7, 11) is 0. The highest BCUT2D eigenvalue weighted by Gasteiger charge is 2.23. The number of rotatable bonds is 8. The molecular formula is C23H21NO4S2. The fraction of sp³-hybridized carbons (Fsp3) is 0.174. The van der Waals surface area contributed by atoms with Gasteiger partial charge in [0.2, 0.25) is 11.0 Å². The van der Waals surface area contributed by atoms with Crippen LogP contribution in [0.25, 0.3) is 0 Å². The van der Waals surface area contributed by atoms with E-state index in [1.165, 1.54) is 17.4 Å². The Hall–Kier alpha value is -2.90. The topological polar surface area (TPSA) is 83.5 Å². The van der Waals surface area contributed by atoms with Gasteiger partial charge >= 0.3 is 5.97 Å². The molecule has 0 aliphatic carbocycles. The number of thiophene rings is 1. The molecule has 1 heterocycles. The summed E-state index contributed by atoms with van der Waals surface area (Å²) in [5, 5.41) is 14.0. The zero-order valence-corrected chi connectivity index (χ0v) is 18.0. The normalized spacial score (nSPS) is 11.6. The summed E-state index contributed by atoms with van der Waals surface area (Å²) >= 11 is 2.51. The number of carbonyl (C=O) groups is 3. The molecule has 1 atom stereocenters. The summed E-state index contributed by atoms with van der Waals surface area (Å²) in [6, 6.07) is 18.0. The fourth-order valence-corrected chi connectivity index (χ4v) is 4.72. The third-order valence-corrected chi connectivity index (χ3v) is 6.70. The summed E-state index contributed by atoms with van der Waals surface area (Å²) in [6.45, 7) is 1.67. The van der Waals surface area contributed by atoms with E-state index in [9.17, 15) is 19.5 Å². The van der Waals surface area contributed by atoms with Gasteiger partial charge in [-0.2, -0.15) is 0 Å². The first-order chi connectivity index (χ1) is 14.5. The van der Waals surface area contributed by atoms with Crippen LogP contribution in [0.1, 0.15) is 31.2 Å². The maximum atomic E-state index is 13.1. The summed E-state index contributed by atoms with van der Waals surface area (Å²) < 4.78 is 0. The largest absolute Gasteiger partial charge is 0.478 e. The number of hydrogen-bond acceptors (Lipinski definition) is 5. The number of benzene rings is 2. The Kier molecular flexibility index (Phi) is 7.43. The molecule has 154 valence electrons. The Labute approximate surface area is 183 Å². The predicted molar refractivity (Wildman–Crippen MR) is 122 cm³/mol. The van der Waals surface area contributed by atoms with Gasteiger partial charge < -0.3 is 10.4 Å². The number of hydrogen-bond donors (Lipinski definition) is 2. The third kappa shape index (κ3) is 5.58. The van der Waals surface area contributed by atoms with E-state index in [4.69, 9.17) is 0 Å². The van der Waals surface area contributed by atoms with E-state index in [0.717, 1.165) is 17.3 Å². The van der Waals surface area contributed by atoms with Crippen molar-refractivity contribution in [2.75, 3.05) is 11.1 Å². The van der Waals surface area contributed by atoms with Gasteiger partial charge in [0.1, 0.15) is 0 Å². The van der Waals surface area contributed by atoms with Gasteiger partial charge in [-0.1, -0.05) is 54.2 Å².